The molecule has 4 nitrogen and oxygen atoms in total. The van der Waals surface area contributed by atoms with Crippen LogP contribution < -0.4 is 11.1 Å². The summed E-state index contributed by atoms with van der Waals surface area (Å²) >= 11 is 0. The van der Waals surface area contributed by atoms with E-state index in [0.29, 0.717) is 12.3 Å². The van der Waals surface area contributed by atoms with E-state index < -0.39 is 0 Å². The highest BCUT2D eigenvalue weighted by Crippen LogP contribution is 2.25. The summed E-state index contributed by atoms with van der Waals surface area (Å²) in [5, 5.41) is 2.63. The molecule has 0 aromatic heterocycles. The molecule has 1 amide bonds. The van der Waals surface area contributed by atoms with Gasteiger partial charge in [-0.2, -0.15) is 0 Å². The molecule has 0 aromatic carbocycles. The van der Waals surface area contributed by atoms with Gasteiger partial charge in [0.25, 0.3) is 0 Å². The number of rotatable bonds is 5. The average molecular weight is 213 g/mol. The lowest BCUT2D eigenvalue weighted by Gasteiger charge is -2.50. The molecule has 1 heterocycles. The van der Waals surface area contributed by atoms with Crippen LogP contribution in [0.15, 0.2) is 0 Å². The molecule has 15 heavy (non-hydrogen) atoms. The summed E-state index contributed by atoms with van der Waals surface area (Å²) in [6.45, 7) is 7.26. The molecule has 0 aliphatic carbocycles. The summed E-state index contributed by atoms with van der Waals surface area (Å²) in [6.07, 6.45) is 1.54. The Morgan fingerprint density at radius 2 is 2.13 bits per heavy atom. The van der Waals surface area contributed by atoms with Crippen molar-refractivity contribution in [1.29, 1.82) is 0 Å². The molecule has 1 aliphatic rings. The van der Waals surface area contributed by atoms with Gasteiger partial charge in [-0.05, 0) is 18.9 Å². The third-order valence-corrected chi connectivity index (χ3v) is 3.34. The molecular formula is C11H23N3O. The van der Waals surface area contributed by atoms with Crippen molar-refractivity contribution in [1.82, 2.24) is 10.2 Å². The molecule has 88 valence electrons. The molecule has 0 unspecified atom stereocenters. The summed E-state index contributed by atoms with van der Waals surface area (Å²) in [5.41, 5.74) is 6.18. The minimum absolute atomic E-state index is 0.00696. The van der Waals surface area contributed by atoms with E-state index in [1.807, 2.05) is 0 Å². The van der Waals surface area contributed by atoms with Gasteiger partial charge in [0.1, 0.15) is 0 Å². The van der Waals surface area contributed by atoms with E-state index >= 15 is 0 Å². The summed E-state index contributed by atoms with van der Waals surface area (Å²) in [6, 6.07) is 0. The standard InChI is InChI=1S/C11H23N3O/c1-9(2)11(12)7-14(8-11)6-4-5-10(15)13-3/h9H,4-8,12H2,1-3H3,(H,13,15). The van der Waals surface area contributed by atoms with Gasteiger partial charge in [0.15, 0.2) is 0 Å². The molecule has 0 bridgehead atoms. The van der Waals surface area contributed by atoms with Crippen molar-refractivity contribution in [2.45, 2.75) is 32.2 Å². The van der Waals surface area contributed by atoms with E-state index in [2.05, 4.69) is 24.1 Å². The summed E-state index contributed by atoms with van der Waals surface area (Å²) in [4.78, 5) is 13.3. The molecule has 1 aliphatic heterocycles. The number of likely N-dealkylation sites (tertiary alicyclic amines) is 1. The molecule has 0 aromatic rings. The zero-order chi connectivity index (χ0) is 11.5. The van der Waals surface area contributed by atoms with Gasteiger partial charge in [-0.1, -0.05) is 13.8 Å². The van der Waals surface area contributed by atoms with Gasteiger partial charge in [0.05, 0.1) is 0 Å². The van der Waals surface area contributed by atoms with Gasteiger partial charge in [-0.25, -0.2) is 0 Å². The normalized spacial score (nSPS) is 20.1. The Hall–Kier alpha value is -0.610. The van der Waals surface area contributed by atoms with Crippen molar-refractivity contribution in [2.24, 2.45) is 11.7 Å². The minimum Gasteiger partial charge on any atom is -0.359 e. The van der Waals surface area contributed by atoms with Gasteiger partial charge in [0, 0.05) is 32.1 Å². The van der Waals surface area contributed by atoms with E-state index in [4.69, 9.17) is 5.73 Å². The largest absolute Gasteiger partial charge is 0.359 e. The first kappa shape index (κ1) is 12.5. The minimum atomic E-state index is 0.00696. The Morgan fingerprint density at radius 1 is 1.53 bits per heavy atom. The summed E-state index contributed by atoms with van der Waals surface area (Å²) in [7, 11) is 1.68. The third-order valence-electron chi connectivity index (χ3n) is 3.34. The van der Waals surface area contributed by atoms with E-state index in [0.717, 1.165) is 26.1 Å². The number of hydrogen-bond acceptors (Lipinski definition) is 3. The van der Waals surface area contributed by atoms with Crippen molar-refractivity contribution >= 4 is 5.91 Å². The lowest BCUT2D eigenvalue weighted by Crippen LogP contribution is -2.69. The Balaban J connectivity index is 2.10. The second kappa shape index (κ2) is 4.94. The number of carbonyl (C=O) groups excluding carboxylic acids is 1. The van der Waals surface area contributed by atoms with E-state index in [-0.39, 0.29) is 11.4 Å². The highest BCUT2D eigenvalue weighted by atomic mass is 16.1. The van der Waals surface area contributed by atoms with Crippen LogP contribution in [0.25, 0.3) is 0 Å². The SMILES string of the molecule is CNC(=O)CCCN1CC(N)(C(C)C)C1. The van der Waals surface area contributed by atoms with Crippen LogP contribution in [0.4, 0.5) is 0 Å². The average Bonchev–Trinajstić information content (AvgIpc) is 2.14. The second-order valence-corrected chi connectivity index (χ2v) is 4.88. The number of nitrogens with zero attached hydrogens (tertiary/aromatic N) is 1. The Bertz CT molecular complexity index is 222. The van der Waals surface area contributed by atoms with Crippen molar-refractivity contribution in [3.63, 3.8) is 0 Å². The molecule has 0 saturated carbocycles. The summed E-state index contributed by atoms with van der Waals surface area (Å²) in [5.74, 6) is 0.658. The highest BCUT2D eigenvalue weighted by Gasteiger charge is 2.41. The lowest BCUT2D eigenvalue weighted by atomic mass is 9.80. The van der Waals surface area contributed by atoms with Crippen molar-refractivity contribution in [2.75, 3.05) is 26.7 Å². The number of nitrogens with two attached hydrogens (primary N) is 1. The molecule has 1 saturated heterocycles. The number of carbonyl (C=O) groups is 1. The smallest absolute Gasteiger partial charge is 0.219 e. The van der Waals surface area contributed by atoms with E-state index in [9.17, 15) is 4.79 Å². The predicted molar refractivity (Wildman–Crippen MR) is 61.5 cm³/mol. The summed E-state index contributed by atoms with van der Waals surface area (Å²) < 4.78 is 0. The van der Waals surface area contributed by atoms with Crippen molar-refractivity contribution in [3.8, 4) is 0 Å². The molecule has 1 fully saturated rings. The number of amides is 1. The maximum atomic E-state index is 11.0. The second-order valence-electron chi connectivity index (χ2n) is 4.88. The highest BCUT2D eigenvalue weighted by molar-refractivity contribution is 5.75. The maximum absolute atomic E-state index is 11.0. The quantitative estimate of drug-likeness (QED) is 0.685. The van der Waals surface area contributed by atoms with Crippen LogP contribution in [-0.2, 0) is 4.79 Å². The lowest BCUT2D eigenvalue weighted by molar-refractivity contribution is -0.120. The zero-order valence-corrected chi connectivity index (χ0v) is 10.0. The van der Waals surface area contributed by atoms with Gasteiger partial charge in [-0.3, -0.25) is 9.69 Å². The van der Waals surface area contributed by atoms with Gasteiger partial charge in [0.2, 0.25) is 5.91 Å². The monoisotopic (exact) mass is 213 g/mol. The molecule has 0 radical (unpaired) electrons. The first-order valence-corrected chi connectivity index (χ1v) is 5.70. The van der Waals surface area contributed by atoms with Crippen molar-refractivity contribution in [3.05, 3.63) is 0 Å². The molecular weight excluding hydrogens is 190 g/mol. The van der Waals surface area contributed by atoms with Gasteiger partial charge < -0.3 is 11.1 Å². The van der Waals surface area contributed by atoms with Crippen LogP contribution >= 0.6 is 0 Å². The third kappa shape index (κ3) is 3.18. The molecule has 1 rings (SSSR count). The van der Waals surface area contributed by atoms with Crippen LogP contribution in [0.2, 0.25) is 0 Å². The zero-order valence-electron chi connectivity index (χ0n) is 10.0. The fourth-order valence-electron chi connectivity index (χ4n) is 1.90. The molecule has 3 N–H and O–H groups in total. The van der Waals surface area contributed by atoms with Crippen LogP contribution in [0.5, 0.6) is 0 Å². The molecule has 0 atom stereocenters. The fraction of sp³-hybridized carbons (Fsp3) is 0.909. The van der Waals surface area contributed by atoms with Gasteiger partial charge in [-0.15, -0.1) is 0 Å². The molecule has 0 spiro atoms. The number of hydrogen-bond donors (Lipinski definition) is 2. The van der Waals surface area contributed by atoms with Crippen LogP contribution in [0, 0.1) is 5.92 Å². The molecule has 4 heteroatoms. The van der Waals surface area contributed by atoms with E-state index in [1.165, 1.54) is 0 Å². The number of nitrogens with one attached hydrogen (secondary N) is 1. The van der Waals surface area contributed by atoms with Crippen LogP contribution in [0.1, 0.15) is 26.7 Å². The van der Waals surface area contributed by atoms with Crippen LogP contribution in [0.3, 0.4) is 0 Å². The predicted octanol–water partition coefficient (Wildman–Crippen LogP) is 0.182. The Labute approximate surface area is 92.2 Å². The Morgan fingerprint density at radius 3 is 2.60 bits per heavy atom. The Kier molecular flexibility index (Phi) is 4.11. The first-order valence-electron chi connectivity index (χ1n) is 5.70. The van der Waals surface area contributed by atoms with Crippen LogP contribution in [-0.4, -0.2) is 43.0 Å². The maximum Gasteiger partial charge on any atom is 0.219 e. The fourth-order valence-corrected chi connectivity index (χ4v) is 1.90. The topological polar surface area (TPSA) is 58.4 Å². The van der Waals surface area contributed by atoms with Gasteiger partial charge >= 0.3 is 0 Å². The first-order chi connectivity index (χ1) is 6.98. The van der Waals surface area contributed by atoms with Crippen molar-refractivity contribution < 1.29 is 4.79 Å². The van der Waals surface area contributed by atoms with E-state index in [1.54, 1.807) is 7.05 Å².